The zero-order valence-corrected chi connectivity index (χ0v) is 18.8. The fourth-order valence-electron chi connectivity index (χ4n) is 2.38. The van der Waals surface area contributed by atoms with E-state index < -0.39 is 23.2 Å². The first-order chi connectivity index (χ1) is 12.4. The predicted octanol–water partition coefficient (Wildman–Crippen LogP) is 2.71. The number of halogens is 1. The molecule has 1 aromatic carbocycles. The third-order valence-electron chi connectivity index (χ3n) is 4.81. The quantitative estimate of drug-likeness (QED) is 0.328. The molecule has 1 aromatic rings. The zero-order chi connectivity index (χ0) is 20.7. The minimum absolute atomic E-state index is 0. The van der Waals surface area contributed by atoms with Gasteiger partial charge in [0.15, 0.2) is 0 Å². The highest BCUT2D eigenvalue weighted by molar-refractivity contribution is 6.18. The van der Waals surface area contributed by atoms with Crippen molar-refractivity contribution in [1.82, 2.24) is 0 Å². The van der Waals surface area contributed by atoms with Gasteiger partial charge in [-0.05, 0) is 52.0 Å². The number of carbonyl (C=O) groups excluding carboxylic acids is 1. The van der Waals surface area contributed by atoms with Gasteiger partial charge in [0, 0.05) is 0 Å². The highest BCUT2D eigenvalue weighted by Gasteiger charge is 2.42. The van der Waals surface area contributed by atoms with Gasteiger partial charge in [-0.3, -0.25) is 4.79 Å². The van der Waals surface area contributed by atoms with Crippen molar-refractivity contribution in [3.8, 4) is 0 Å². The molecule has 0 saturated carbocycles. The van der Waals surface area contributed by atoms with Gasteiger partial charge in [-0.15, -0.1) is 12.4 Å². The zero-order valence-electron chi connectivity index (χ0n) is 17.9. The summed E-state index contributed by atoms with van der Waals surface area (Å²) in [4.78, 5) is 12.5. The summed E-state index contributed by atoms with van der Waals surface area (Å²) in [7, 11) is 0.0257. The molecule has 0 heterocycles. The maximum Gasteiger partial charge on any atom is 0.439 e. The Morgan fingerprint density at radius 3 is 2.18 bits per heavy atom. The standard InChI is InChI=1S/C20H35BN2O4.ClH/c1-14(2)12-17(23)26-21-27-20(5,6)19(3,4)25-18(24)16(22)13-15-10-8-7-9-11-15;/h7-11,14,16-17,21H,12-13,22-23H2,1-6H3;1H/t16-,17+;/m0./s1. The Balaban J connectivity index is 0.00000729. The van der Waals surface area contributed by atoms with Gasteiger partial charge in [0.1, 0.15) is 11.6 Å². The van der Waals surface area contributed by atoms with Crippen LogP contribution in [0.1, 0.15) is 53.5 Å². The number of benzene rings is 1. The molecule has 0 unspecified atom stereocenters. The summed E-state index contributed by atoms with van der Waals surface area (Å²) < 4.78 is 17.0. The van der Waals surface area contributed by atoms with Gasteiger partial charge >= 0.3 is 13.7 Å². The van der Waals surface area contributed by atoms with Crippen LogP contribution >= 0.6 is 12.4 Å². The number of nitrogens with two attached hydrogens (primary N) is 2. The minimum Gasteiger partial charge on any atom is -0.456 e. The molecule has 0 amide bonds. The van der Waals surface area contributed by atoms with E-state index in [4.69, 9.17) is 25.5 Å². The second kappa shape index (κ2) is 11.8. The second-order valence-corrected chi connectivity index (χ2v) is 8.33. The van der Waals surface area contributed by atoms with E-state index in [1.165, 1.54) is 0 Å². The molecule has 0 bridgehead atoms. The summed E-state index contributed by atoms with van der Waals surface area (Å²) in [6.45, 7) is 11.5. The molecule has 0 aromatic heterocycles. The number of hydrogen-bond donors (Lipinski definition) is 2. The van der Waals surface area contributed by atoms with Gasteiger partial charge in [-0.25, -0.2) is 0 Å². The summed E-state index contributed by atoms with van der Waals surface area (Å²) >= 11 is 0. The van der Waals surface area contributed by atoms with Crippen molar-refractivity contribution in [2.45, 2.75) is 77.9 Å². The molecule has 160 valence electrons. The average Bonchev–Trinajstić information content (AvgIpc) is 2.54. The molecule has 8 heteroatoms. The van der Waals surface area contributed by atoms with Crippen LogP contribution in [0.4, 0.5) is 0 Å². The molecular formula is C20H36BClN2O4. The Morgan fingerprint density at radius 2 is 1.64 bits per heavy atom. The van der Waals surface area contributed by atoms with Crippen LogP contribution in [-0.4, -0.2) is 37.1 Å². The highest BCUT2D eigenvalue weighted by atomic mass is 35.5. The fraction of sp³-hybridized carbons (Fsp3) is 0.650. The molecule has 0 fully saturated rings. The molecule has 0 saturated heterocycles. The first kappa shape index (κ1) is 26.9. The van der Waals surface area contributed by atoms with Gasteiger partial charge in [-0.2, -0.15) is 0 Å². The number of ether oxygens (including phenoxy) is 1. The number of carbonyl (C=O) groups is 1. The van der Waals surface area contributed by atoms with Crippen molar-refractivity contribution in [2.75, 3.05) is 0 Å². The molecule has 4 N–H and O–H groups in total. The van der Waals surface area contributed by atoms with Crippen LogP contribution in [0.2, 0.25) is 0 Å². The molecule has 0 aliphatic heterocycles. The van der Waals surface area contributed by atoms with Crippen molar-refractivity contribution in [1.29, 1.82) is 0 Å². The molecular weight excluding hydrogens is 378 g/mol. The summed E-state index contributed by atoms with van der Waals surface area (Å²) in [6.07, 6.45) is 0.784. The second-order valence-electron chi connectivity index (χ2n) is 8.33. The monoisotopic (exact) mass is 414 g/mol. The van der Waals surface area contributed by atoms with E-state index in [1.54, 1.807) is 13.8 Å². The lowest BCUT2D eigenvalue weighted by Gasteiger charge is -2.41. The minimum atomic E-state index is -0.899. The van der Waals surface area contributed by atoms with Crippen molar-refractivity contribution in [2.24, 2.45) is 17.4 Å². The van der Waals surface area contributed by atoms with Gasteiger partial charge in [0.2, 0.25) is 0 Å². The van der Waals surface area contributed by atoms with E-state index in [1.807, 2.05) is 44.2 Å². The Kier molecular flexibility index (Phi) is 11.3. The van der Waals surface area contributed by atoms with Gasteiger partial charge in [0.05, 0.1) is 11.8 Å². The normalized spacial score (nSPS) is 14.2. The van der Waals surface area contributed by atoms with Crippen LogP contribution in [0, 0.1) is 5.92 Å². The molecule has 28 heavy (non-hydrogen) atoms. The number of esters is 1. The van der Waals surface area contributed by atoms with Gasteiger partial charge in [-0.1, -0.05) is 44.2 Å². The van der Waals surface area contributed by atoms with Crippen molar-refractivity contribution in [3.63, 3.8) is 0 Å². The fourth-order valence-corrected chi connectivity index (χ4v) is 2.38. The van der Waals surface area contributed by atoms with Gasteiger partial charge in [0.25, 0.3) is 0 Å². The summed E-state index contributed by atoms with van der Waals surface area (Å²) in [6, 6.07) is 8.88. The van der Waals surface area contributed by atoms with E-state index in [0.717, 1.165) is 12.0 Å². The third kappa shape index (κ3) is 8.92. The smallest absolute Gasteiger partial charge is 0.439 e. The molecule has 0 spiro atoms. The van der Waals surface area contributed by atoms with Crippen LogP contribution in [0.15, 0.2) is 30.3 Å². The van der Waals surface area contributed by atoms with Crippen molar-refractivity contribution in [3.05, 3.63) is 35.9 Å². The largest absolute Gasteiger partial charge is 0.456 e. The van der Waals surface area contributed by atoms with Crippen molar-refractivity contribution < 1.29 is 18.8 Å². The van der Waals surface area contributed by atoms with Crippen LogP contribution in [0.5, 0.6) is 0 Å². The first-order valence-corrected chi connectivity index (χ1v) is 9.48. The van der Waals surface area contributed by atoms with E-state index in [0.29, 0.717) is 12.3 Å². The third-order valence-corrected chi connectivity index (χ3v) is 4.81. The molecule has 6 nitrogen and oxygen atoms in total. The Morgan fingerprint density at radius 1 is 1.07 bits per heavy atom. The summed E-state index contributed by atoms with van der Waals surface area (Å²) in [5.74, 6) is -0.0190. The summed E-state index contributed by atoms with van der Waals surface area (Å²) in [5.41, 5.74) is 11.2. The van der Waals surface area contributed by atoms with Crippen LogP contribution in [0.3, 0.4) is 0 Å². The lowest BCUT2D eigenvalue weighted by molar-refractivity contribution is -0.179. The first-order valence-electron chi connectivity index (χ1n) is 9.48. The van der Waals surface area contributed by atoms with Crippen LogP contribution in [-0.2, 0) is 25.3 Å². The Hall–Kier alpha value is -1.12. The Bertz CT molecular complexity index is 585. The topological polar surface area (TPSA) is 96.8 Å². The highest BCUT2D eigenvalue weighted by Crippen LogP contribution is 2.29. The maximum atomic E-state index is 12.5. The average molecular weight is 415 g/mol. The van der Waals surface area contributed by atoms with Crippen LogP contribution < -0.4 is 11.5 Å². The van der Waals surface area contributed by atoms with E-state index >= 15 is 0 Å². The SMILES string of the molecule is CC(C)C[C@H](N)OBOC(C)(C)C(C)(C)OC(=O)[C@@H](N)Cc1ccccc1.Cl. The van der Waals surface area contributed by atoms with Gasteiger partial charge < -0.3 is 25.5 Å². The van der Waals surface area contributed by atoms with E-state index in [2.05, 4.69) is 13.8 Å². The summed E-state index contributed by atoms with van der Waals surface area (Å²) in [5, 5.41) is 0. The number of rotatable bonds is 11. The van der Waals surface area contributed by atoms with Crippen LogP contribution in [0.25, 0.3) is 0 Å². The molecule has 0 aliphatic rings. The lowest BCUT2D eigenvalue weighted by Crippen LogP contribution is -2.53. The lowest BCUT2D eigenvalue weighted by atomic mass is 9.88. The van der Waals surface area contributed by atoms with Crippen molar-refractivity contribution >= 4 is 26.1 Å². The molecule has 1 rings (SSSR count). The Labute approximate surface area is 176 Å². The number of hydrogen-bond acceptors (Lipinski definition) is 6. The molecule has 2 atom stereocenters. The van der Waals surface area contributed by atoms with E-state index in [9.17, 15) is 4.79 Å². The molecule has 0 radical (unpaired) electrons. The predicted molar refractivity (Wildman–Crippen MR) is 116 cm³/mol. The molecule has 0 aliphatic carbocycles. The maximum absolute atomic E-state index is 12.5. The van der Waals surface area contributed by atoms with E-state index in [-0.39, 0.29) is 26.3 Å².